The maximum atomic E-state index is 12.8. The monoisotopic (exact) mass is 401 g/mol. The molecule has 2 rings (SSSR count). The molecule has 6 heteroatoms. The molecular weight excluding hydrogens is 366 g/mol. The van der Waals surface area contributed by atoms with Gasteiger partial charge < -0.3 is 15.5 Å². The lowest BCUT2D eigenvalue weighted by Gasteiger charge is -2.37. The number of benzene rings is 1. The highest BCUT2D eigenvalue weighted by Gasteiger charge is 2.34. The van der Waals surface area contributed by atoms with Crippen molar-refractivity contribution in [1.29, 1.82) is 0 Å². The average Bonchev–Trinajstić information content (AvgIpc) is 2.64. The molecule has 1 saturated heterocycles. The summed E-state index contributed by atoms with van der Waals surface area (Å²) in [6.07, 6.45) is 1.90. The van der Waals surface area contributed by atoms with E-state index in [9.17, 15) is 14.4 Å². The third-order valence-corrected chi connectivity index (χ3v) is 5.08. The van der Waals surface area contributed by atoms with Crippen LogP contribution in [0, 0.1) is 11.3 Å². The Hall–Kier alpha value is -2.37. The van der Waals surface area contributed by atoms with E-state index in [1.165, 1.54) is 0 Å². The predicted octanol–water partition coefficient (Wildman–Crippen LogP) is 2.98. The Morgan fingerprint density at radius 2 is 1.62 bits per heavy atom. The Labute approximate surface area is 174 Å². The van der Waals surface area contributed by atoms with Gasteiger partial charge in [0.25, 0.3) is 5.91 Å². The van der Waals surface area contributed by atoms with Gasteiger partial charge in [0, 0.05) is 31.1 Å². The molecule has 0 unspecified atom stereocenters. The van der Waals surface area contributed by atoms with Crippen LogP contribution >= 0.6 is 0 Å². The average molecular weight is 402 g/mol. The number of piperidine rings is 1. The van der Waals surface area contributed by atoms with Crippen molar-refractivity contribution in [3.8, 4) is 0 Å². The molecule has 6 nitrogen and oxygen atoms in total. The van der Waals surface area contributed by atoms with E-state index < -0.39 is 6.04 Å². The first kappa shape index (κ1) is 22.9. The Morgan fingerprint density at radius 1 is 1.03 bits per heavy atom. The summed E-state index contributed by atoms with van der Waals surface area (Å²) in [5.74, 6) is -0.253. The first-order valence-corrected chi connectivity index (χ1v) is 10.5. The summed E-state index contributed by atoms with van der Waals surface area (Å²) in [6, 6.07) is 8.32. The van der Waals surface area contributed by atoms with Gasteiger partial charge in [-0.2, -0.15) is 0 Å². The molecule has 0 aromatic heterocycles. The van der Waals surface area contributed by atoms with Gasteiger partial charge in [-0.25, -0.2) is 0 Å². The molecule has 1 aliphatic rings. The van der Waals surface area contributed by atoms with Crippen LogP contribution in [-0.2, 0) is 9.59 Å². The third-order valence-electron chi connectivity index (χ3n) is 5.08. The van der Waals surface area contributed by atoms with Crippen molar-refractivity contribution < 1.29 is 14.4 Å². The molecule has 1 aliphatic heterocycles. The standard InChI is InChI=1S/C23H35N3O3/c1-16(2)24-22(29)20(25-21(28)18-9-7-6-8-10-18)17-11-13-26(14-12-17)19(27)15-23(3,4)5/h6-10,16-17,20H,11-15H2,1-5H3,(H,24,29)(H,25,28)/t20-/m0/s1. The number of hydrogen-bond acceptors (Lipinski definition) is 3. The molecule has 0 saturated carbocycles. The first-order chi connectivity index (χ1) is 13.6. The lowest BCUT2D eigenvalue weighted by atomic mass is 9.87. The van der Waals surface area contributed by atoms with E-state index in [-0.39, 0.29) is 35.1 Å². The molecule has 0 radical (unpaired) electrons. The molecule has 160 valence electrons. The van der Waals surface area contributed by atoms with Crippen molar-refractivity contribution in [3.05, 3.63) is 35.9 Å². The highest BCUT2D eigenvalue weighted by molar-refractivity contribution is 5.97. The molecule has 1 heterocycles. The van der Waals surface area contributed by atoms with Crippen LogP contribution in [0.15, 0.2) is 30.3 Å². The summed E-state index contributed by atoms with van der Waals surface area (Å²) in [4.78, 5) is 39.9. The van der Waals surface area contributed by atoms with Crippen LogP contribution in [0.5, 0.6) is 0 Å². The zero-order valence-corrected chi connectivity index (χ0v) is 18.3. The van der Waals surface area contributed by atoms with Crippen LogP contribution in [0.25, 0.3) is 0 Å². The molecule has 3 amide bonds. The van der Waals surface area contributed by atoms with Crippen molar-refractivity contribution >= 4 is 17.7 Å². The molecule has 1 fully saturated rings. The van der Waals surface area contributed by atoms with Crippen LogP contribution in [0.4, 0.5) is 0 Å². The highest BCUT2D eigenvalue weighted by Crippen LogP contribution is 2.25. The second-order valence-corrected chi connectivity index (χ2v) is 9.44. The topological polar surface area (TPSA) is 78.5 Å². The minimum absolute atomic E-state index is 0.0000916. The summed E-state index contributed by atoms with van der Waals surface area (Å²) in [5, 5.41) is 5.86. The second-order valence-electron chi connectivity index (χ2n) is 9.44. The molecule has 1 atom stereocenters. The van der Waals surface area contributed by atoms with Crippen LogP contribution in [0.2, 0.25) is 0 Å². The lowest BCUT2D eigenvalue weighted by Crippen LogP contribution is -2.54. The van der Waals surface area contributed by atoms with Crippen molar-refractivity contribution in [2.75, 3.05) is 13.1 Å². The number of rotatable bonds is 6. The highest BCUT2D eigenvalue weighted by atomic mass is 16.2. The number of nitrogens with one attached hydrogen (secondary N) is 2. The minimum Gasteiger partial charge on any atom is -0.352 e. The van der Waals surface area contributed by atoms with E-state index in [2.05, 4.69) is 31.4 Å². The summed E-state index contributed by atoms with van der Waals surface area (Å²) >= 11 is 0. The van der Waals surface area contributed by atoms with E-state index in [4.69, 9.17) is 0 Å². The molecule has 2 N–H and O–H groups in total. The molecule has 0 aliphatic carbocycles. The van der Waals surface area contributed by atoms with Gasteiger partial charge in [-0.05, 0) is 50.2 Å². The van der Waals surface area contributed by atoms with Crippen molar-refractivity contribution in [1.82, 2.24) is 15.5 Å². The van der Waals surface area contributed by atoms with Crippen molar-refractivity contribution in [2.24, 2.45) is 11.3 Å². The Kier molecular flexibility index (Phi) is 7.82. The van der Waals surface area contributed by atoms with E-state index >= 15 is 0 Å². The van der Waals surface area contributed by atoms with Gasteiger partial charge in [-0.1, -0.05) is 39.0 Å². The number of hydrogen-bond donors (Lipinski definition) is 2. The molecular formula is C23H35N3O3. The quantitative estimate of drug-likeness (QED) is 0.769. The third kappa shape index (κ3) is 7.18. The summed E-state index contributed by atoms with van der Waals surface area (Å²) < 4.78 is 0. The number of carbonyl (C=O) groups excluding carboxylic acids is 3. The fraction of sp³-hybridized carbons (Fsp3) is 0.609. The van der Waals surface area contributed by atoms with Gasteiger partial charge in [0.1, 0.15) is 6.04 Å². The van der Waals surface area contributed by atoms with Gasteiger partial charge in [0.05, 0.1) is 0 Å². The summed E-state index contributed by atoms with van der Waals surface area (Å²) in [5.41, 5.74) is 0.490. The fourth-order valence-corrected chi connectivity index (χ4v) is 3.63. The number of carbonyl (C=O) groups is 3. The lowest BCUT2D eigenvalue weighted by molar-refractivity contribution is -0.134. The summed E-state index contributed by atoms with van der Waals surface area (Å²) in [7, 11) is 0. The van der Waals surface area contributed by atoms with E-state index in [0.29, 0.717) is 37.9 Å². The zero-order valence-electron chi connectivity index (χ0n) is 18.3. The van der Waals surface area contributed by atoms with Crippen molar-refractivity contribution in [2.45, 2.75) is 66.0 Å². The predicted molar refractivity (Wildman–Crippen MR) is 114 cm³/mol. The number of amides is 3. The first-order valence-electron chi connectivity index (χ1n) is 10.5. The van der Waals surface area contributed by atoms with E-state index in [1.54, 1.807) is 24.3 Å². The molecule has 1 aromatic rings. The van der Waals surface area contributed by atoms with Gasteiger partial charge >= 0.3 is 0 Å². The Morgan fingerprint density at radius 3 is 2.14 bits per heavy atom. The Balaban J connectivity index is 2.05. The number of likely N-dealkylation sites (tertiary alicyclic amines) is 1. The minimum atomic E-state index is -0.607. The fourth-order valence-electron chi connectivity index (χ4n) is 3.63. The zero-order chi connectivity index (χ0) is 21.6. The van der Waals surface area contributed by atoms with Crippen molar-refractivity contribution in [3.63, 3.8) is 0 Å². The van der Waals surface area contributed by atoms with Gasteiger partial charge in [0.2, 0.25) is 11.8 Å². The maximum absolute atomic E-state index is 12.8. The van der Waals surface area contributed by atoms with Crippen LogP contribution < -0.4 is 10.6 Å². The molecule has 0 spiro atoms. The SMILES string of the molecule is CC(C)NC(=O)[C@@H](NC(=O)c1ccccc1)C1CCN(C(=O)CC(C)(C)C)CC1. The van der Waals surface area contributed by atoms with E-state index in [0.717, 1.165) is 0 Å². The number of nitrogens with zero attached hydrogens (tertiary/aromatic N) is 1. The second kappa shape index (κ2) is 9.90. The van der Waals surface area contributed by atoms with Crippen LogP contribution in [0.3, 0.4) is 0 Å². The maximum Gasteiger partial charge on any atom is 0.251 e. The smallest absolute Gasteiger partial charge is 0.251 e. The largest absolute Gasteiger partial charge is 0.352 e. The van der Waals surface area contributed by atoms with Gasteiger partial charge in [-0.15, -0.1) is 0 Å². The van der Waals surface area contributed by atoms with Crippen LogP contribution in [0.1, 0.15) is 64.2 Å². The molecule has 1 aromatic carbocycles. The molecule has 0 bridgehead atoms. The molecule has 29 heavy (non-hydrogen) atoms. The van der Waals surface area contributed by atoms with Gasteiger partial charge in [0.15, 0.2) is 0 Å². The van der Waals surface area contributed by atoms with Gasteiger partial charge in [-0.3, -0.25) is 14.4 Å². The van der Waals surface area contributed by atoms with E-state index in [1.807, 2.05) is 24.8 Å². The Bertz CT molecular complexity index is 702. The van der Waals surface area contributed by atoms with Crippen LogP contribution in [-0.4, -0.2) is 47.8 Å². The summed E-state index contributed by atoms with van der Waals surface area (Å²) in [6.45, 7) is 11.2. The normalized spacial score (nSPS) is 16.4.